The number of piperidine rings is 1. The van der Waals surface area contributed by atoms with E-state index in [1.54, 1.807) is 0 Å². The zero-order valence-corrected chi connectivity index (χ0v) is 8.79. The molecule has 0 bridgehead atoms. The number of carbonyl (C=O) groups is 1. The number of likely N-dealkylation sites (tertiary alicyclic amines) is 1. The predicted molar refractivity (Wildman–Crippen MR) is 56.3 cm³/mol. The van der Waals surface area contributed by atoms with Gasteiger partial charge in [-0.2, -0.15) is 4.99 Å². The van der Waals surface area contributed by atoms with Gasteiger partial charge in [-0.1, -0.05) is 11.8 Å². The molecular weight excluding hydrogens is 200 g/mol. The second-order valence-electron chi connectivity index (χ2n) is 3.71. The minimum Gasteiger partial charge on any atom is -0.396 e. The summed E-state index contributed by atoms with van der Waals surface area (Å²) < 4.78 is 0. The van der Waals surface area contributed by atoms with Gasteiger partial charge in [-0.05, 0) is 18.8 Å². The van der Waals surface area contributed by atoms with E-state index < -0.39 is 0 Å². The molecule has 2 aliphatic rings. The van der Waals surface area contributed by atoms with Crippen molar-refractivity contribution in [3.63, 3.8) is 0 Å². The lowest BCUT2D eigenvalue weighted by atomic mass is 10.00. The first-order chi connectivity index (χ1) is 6.79. The van der Waals surface area contributed by atoms with Crippen LogP contribution in [0, 0.1) is 5.92 Å². The lowest BCUT2D eigenvalue weighted by molar-refractivity contribution is -0.115. The van der Waals surface area contributed by atoms with Crippen molar-refractivity contribution in [2.45, 2.75) is 12.8 Å². The zero-order valence-electron chi connectivity index (χ0n) is 7.98. The first-order valence-corrected chi connectivity index (χ1v) is 5.88. The highest BCUT2D eigenvalue weighted by atomic mass is 32.2. The van der Waals surface area contributed by atoms with Crippen molar-refractivity contribution in [3.05, 3.63) is 0 Å². The van der Waals surface area contributed by atoms with Crippen molar-refractivity contribution in [3.8, 4) is 0 Å². The van der Waals surface area contributed by atoms with Gasteiger partial charge in [0.1, 0.15) is 0 Å². The molecule has 0 saturated carbocycles. The van der Waals surface area contributed by atoms with Crippen molar-refractivity contribution in [1.82, 2.24) is 4.90 Å². The van der Waals surface area contributed by atoms with Crippen LogP contribution in [0.2, 0.25) is 0 Å². The second-order valence-corrected chi connectivity index (χ2v) is 4.66. The van der Waals surface area contributed by atoms with Gasteiger partial charge in [-0.15, -0.1) is 0 Å². The summed E-state index contributed by atoms with van der Waals surface area (Å²) >= 11 is 1.51. The lowest BCUT2D eigenvalue weighted by Crippen LogP contribution is -2.39. The SMILES string of the molecule is O=C1CSC(N2CCCC(CO)C2)=N1. The molecule has 1 N–H and O–H groups in total. The van der Waals surface area contributed by atoms with E-state index in [9.17, 15) is 4.79 Å². The van der Waals surface area contributed by atoms with Gasteiger partial charge in [0.15, 0.2) is 5.17 Å². The molecule has 78 valence electrons. The molecule has 1 fully saturated rings. The van der Waals surface area contributed by atoms with E-state index in [2.05, 4.69) is 9.89 Å². The average Bonchev–Trinajstić information content (AvgIpc) is 2.65. The van der Waals surface area contributed by atoms with Crippen LogP contribution in [-0.2, 0) is 4.79 Å². The Labute approximate surface area is 87.4 Å². The van der Waals surface area contributed by atoms with Crippen LogP contribution in [0.3, 0.4) is 0 Å². The molecule has 5 heteroatoms. The van der Waals surface area contributed by atoms with Gasteiger partial charge in [0, 0.05) is 19.7 Å². The van der Waals surface area contributed by atoms with E-state index in [-0.39, 0.29) is 12.5 Å². The summed E-state index contributed by atoms with van der Waals surface area (Å²) in [6.07, 6.45) is 2.16. The number of hydrogen-bond donors (Lipinski definition) is 1. The fraction of sp³-hybridized carbons (Fsp3) is 0.778. The number of aliphatic imine (C=N–C) groups is 1. The summed E-state index contributed by atoms with van der Waals surface area (Å²) in [5.74, 6) is 0.800. The summed E-state index contributed by atoms with van der Waals surface area (Å²) in [5.41, 5.74) is 0. The number of thioether (sulfide) groups is 1. The Kier molecular flexibility index (Phi) is 3.08. The Hall–Kier alpha value is -0.550. The van der Waals surface area contributed by atoms with Crippen LogP contribution in [0.15, 0.2) is 4.99 Å². The summed E-state index contributed by atoms with van der Waals surface area (Å²) in [4.78, 5) is 17.1. The van der Waals surface area contributed by atoms with Crippen LogP contribution >= 0.6 is 11.8 Å². The van der Waals surface area contributed by atoms with Crippen LogP contribution < -0.4 is 0 Å². The second kappa shape index (κ2) is 4.31. The third-order valence-electron chi connectivity index (χ3n) is 2.59. The van der Waals surface area contributed by atoms with Gasteiger partial charge in [0.2, 0.25) is 0 Å². The van der Waals surface area contributed by atoms with Crippen LogP contribution in [0.25, 0.3) is 0 Å². The van der Waals surface area contributed by atoms with E-state index in [0.29, 0.717) is 11.7 Å². The number of aliphatic hydroxyl groups is 1. The minimum atomic E-state index is -0.0314. The maximum Gasteiger partial charge on any atom is 0.258 e. The third-order valence-corrected chi connectivity index (χ3v) is 3.59. The molecule has 1 amide bonds. The quantitative estimate of drug-likeness (QED) is 0.683. The highest BCUT2D eigenvalue weighted by molar-refractivity contribution is 8.14. The maximum absolute atomic E-state index is 11.0. The van der Waals surface area contributed by atoms with Crippen LogP contribution in [0.1, 0.15) is 12.8 Å². The van der Waals surface area contributed by atoms with Gasteiger partial charge in [0.05, 0.1) is 5.75 Å². The molecule has 0 radical (unpaired) electrons. The topological polar surface area (TPSA) is 52.9 Å². The third kappa shape index (κ3) is 2.09. The van der Waals surface area contributed by atoms with Crippen LogP contribution in [0.5, 0.6) is 0 Å². The van der Waals surface area contributed by atoms with Crippen molar-refractivity contribution < 1.29 is 9.90 Å². The molecular formula is C9H14N2O2S. The smallest absolute Gasteiger partial charge is 0.258 e. The number of carbonyl (C=O) groups excluding carboxylic acids is 1. The maximum atomic E-state index is 11.0. The molecule has 0 aromatic rings. The van der Waals surface area contributed by atoms with Crippen molar-refractivity contribution in [2.75, 3.05) is 25.4 Å². The Bertz CT molecular complexity index is 268. The van der Waals surface area contributed by atoms with Crippen molar-refractivity contribution in [1.29, 1.82) is 0 Å². The minimum absolute atomic E-state index is 0.0314. The first-order valence-electron chi connectivity index (χ1n) is 4.89. The molecule has 0 aromatic carbocycles. The molecule has 0 spiro atoms. The number of rotatable bonds is 1. The van der Waals surface area contributed by atoms with E-state index in [1.807, 2.05) is 0 Å². The van der Waals surface area contributed by atoms with Crippen molar-refractivity contribution >= 4 is 22.8 Å². The predicted octanol–water partition coefficient (Wildman–Crippen LogP) is 0.320. The van der Waals surface area contributed by atoms with Gasteiger partial charge >= 0.3 is 0 Å². The number of amides is 1. The fourth-order valence-electron chi connectivity index (χ4n) is 1.85. The Morgan fingerprint density at radius 2 is 2.50 bits per heavy atom. The van der Waals surface area contributed by atoms with Gasteiger partial charge in [-0.3, -0.25) is 4.79 Å². The number of hydrogen-bond acceptors (Lipinski definition) is 4. The normalized spacial score (nSPS) is 28.1. The molecule has 2 rings (SSSR count). The molecule has 1 unspecified atom stereocenters. The molecule has 1 saturated heterocycles. The number of nitrogens with zero attached hydrogens (tertiary/aromatic N) is 2. The van der Waals surface area contributed by atoms with Crippen molar-refractivity contribution in [2.24, 2.45) is 10.9 Å². The summed E-state index contributed by atoms with van der Waals surface area (Å²) in [5, 5.41) is 9.92. The standard InChI is InChI=1S/C9H14N2O2S/c12-5-7-2-1-3-11(4-7)9-10-8(13)6-14-9/h7,12H,1-6H2. The fourth-order valence-corrected chi connectivity index (χ4v) is 2.68. The monoisotopic (exact) mass is 214 g/mol. The number of amidine groups is 1. The number of aliphatic hydroxyl groups excluding tert-OH is 1. The van der Waals surface area contributed by atoms with E-state index >= 15 is 0 Å². The average molecular weight is 214 g/mol. The van der Waals surface area contributed by atoms with Gasteiger partial charge in [-0.25, -0.2) is 0 Å². The summed E-state index contributed by atoms with van der Waals surface area (Å²) in [6.45, 7) is 2.05. The highest BCUT2D eigenvalue weighted by Crippen LogP contribution is 2.23. The molecule has 2 aliphatic heterocycles. The molecule has 2 heterocycles. The highest BCUT2D eigenvalue weighted by Gasteiger charge is 2.25. The van der Waals surface area contributed by atoms with E-state index in [1.165, 1.54) is 11.8 Å². The largest absolute Gasteiger partial charge is 0.396 e. The van der Waals surface area contributed by atoms with Gasteiger partial charge < -0.3 is 10.0 Å². The van der Waals surface area contributed by atoms with Crippen LogP contribution in [0.4, 0.5) is 0 Å². The Balaban J connectivity index is 1.97. The summed E-state index contributed by atoms with van der Waals surface area (Å²) in [6, 6.07) is 0. The van der Waals surface area contributed by atoms with E-state index in [4.69, 9.17) is 5.11 Å². The lowest BCUT2D eigenvalue weighted by Gasteiger charge is -2.32. The summed E-state index contributed by atoms with van der Waals surface area (Å²) in [7, 11) is 0. The van der Waals surface area contributed by atoms with Gasteiger partial charge in [0.25, 0.3) is 5.91 Å². The molecule has 0 aromatic heterocycles. The molecule has 14 heavy (non-hydrogen) atoms. The first kappa shape index (κ1) is 9.98. The molecule has 4 nitrogen and oxygen atoms in total. The zero-order chi connectivity index (χ0) is 9.97. The van der Waals surface area contributed by atoms with E-state index in [0.717, 1.165) is 31.1 Å². The molecule has 1 atom stereocenters. The Morgan fingerprint density at radius 3 is 3.14 bits per heavy atom. The molecule has 0 aliphatic carbocycles. The Morgan fingerprint density at radius 1 is 1.64 bits per heavy atom. The van der Waals surface area contributed by atoms with Crippen LogP contribution in [-0.4, -0.2) is 46.5 Å².